The van der Waals surface area contributed by atoms with Gasteiger partial charge in [-0.2, -0.15) is 0 Å². The van der Waals surface area contributed by atoms with E-state index in [1.54, 1.807) is 32.7 Å². The Balaban J connectivity index is 1.75. The molecule has 0 amide bonds. The summed E-state index contributed by atoms with van der Waals surface area (Å²) in [5, 5.41) is 2.47. The average molecular weight is 452 g/mol. The standard InChI is InChI=1S/C19H21N3O6S2/c1-20-30(24,25)13-8-15(22(2)9-13)19(23)28-10-12-11-29-18(21-12)14-6-5-7-16(26-3)17(14)27-4/h5-9,11,20H,10H2,1-4H3. The Morgan fingerprint density at radius 2 is 2.03 bits per heavy atom. The summed E-state index contributed by atoms with van der Waals surface area (Å²) >= 11 is 1.38. The minimum Gasteiger partial charge on any atom is -0.493 e. The van der Waals surface area contributed by atoms with E-state index in [9.17, 15) is 13.2 Å². The number of nitrogens with zero attached hydrogens (tertiary/aromatic N) is 2. The highest BCUT2D eigenvalue weighted by Crippen LogP contribution is 2.39. The van der Waals surface area contributed by atoms with Crippen LogP contribution in [0.3, 0.4) is 0 Å². The van der Waals surface area contributed by atoms with Crippen molar-refractivity contribution >= 4 is 27.3 Å². The molecule has 0 aliphatic carbocycles. The number of hydrogen-bond acceptors (Lipinski definition) is 8. The number of aryl methyl sites for hydroxylation is 1. The van der Waals surface area contributed by atoms with Crippen molar-refractivity contribution in [1.82, 2.24) is 14.3 Å². The number of methoxy groups -OCH3 is 2. The maximum absolute atomic E-state index is 12.4. The quantitative estimate of drug-likeness (QED) is 0.524. The van der Waals surface area contributed by atoms with Gasteiger partial charge in [-0.05, 0) is 25.2 Å². The van der Waals surface area contributed by atoms with Crippen molar-refractivity contribution in [3.63, 3.8) is 0 Å². The maximum Gasteiger partial charge on any atom is 0.355 e. The fourth-order valence-electron chi connectivity index (χ4n) is 2.77. The number of para-hydroxylation sites is 1. The number of aromatic nitrogens is 2. The smallest absolute Gasteiger partial charge is 0.355 e. The SMILES string of the molecule is CNS(=O)(=O)c1cc(C(=O)OCc2csc(-c3cccc(OC)c3OC)n2)n(C)c1. The van der Waals surface area contributed by atoms with Gasteiger partial charge >= 0.3 is 5.97 Å². The van der Waals surface area contributed by atoms with Gasteiger partial charge in [-0.25, -0.2) is 22.9 Å². The summed E-state index contributed by atoms with van der Waals surface area (Å²) in [6, 6.07) is 6.76. The second-order valence-electron chi connectivity index (χ2n) is 6.14. The molecule has 0 aliphatic rings. The summed E-state index contributed by atoms with van der Waals surface area (Å²) in [6.45, 7) is -0.0547. The minimum absolute atomic E-state index is 0.0134. The van der Waals surface area contributed by atoms with Gasteiger partial charge in [0.05, 0.1) is 25.5 Å². The van der Waals surface area contributed by atoms with Gasteiger partial charge in [0, 0.05) is 18.6 Å². The Hall–Kier alpha value is -2.89. The highest BCUT2D eigenvalue weighted by Gasteiger charge is 2.21. The monoisotopic (exact) mass is 451 g/mol. The number of hydrogen-bond donors (Lipinski definition) is 1. The van der Waals surface area contributed by atoms with Gasteiger partial charge in [0.25, 0.3) is 0 Å². The second-order valence-corrected chi connectivity index (χ2v) is 8.89. The Morgan fingerprint density at radius 1 is 1.27 bits per heavy atom. The third-order valence-corrected chi connectivity index (χ3v) is 6.61. The lowest BCUT2D eigenvalue weighted by Gasteiger charge is -2.10. The lowest BCUT2D eigenvalue weighted by atomic mass is 10.2. The molecule has 0 unspecified atom stereocenters. The molecule has 2 aromatic heterocycles. The van der Waals surface area contributed by atoms with Crippen molar-refractivity contribution < 1.29 is 27.4 Å². The van der Waals surface area contributed by atoms with E-state index in [-0.39, 0.29) is 17.2 Å². The first-order valence-electron chi connectivity index (χ1n) is 8.73. The number of esters is 1. The van der Waals surface area contributed by atoms with Crippen LogP contribution < -0.4 is 14.2 Å². The van der Waals surface area contributed by atoms with E-state index in [0.29, 0.717) is 22.2 Å². The van der Waals surface area contributed by atoms with Crippen LogP contribution in [0.5, 0.6) is 11.5 Å². The molecule has 1 N–H and O–H groups in total. The van der Waals surface area contributed by atoms with Gasteiger partial charge in [0.2, 0.25) is 10.0 Å². The molecule has 0 spiro atoms. The Bertz CT molecular complexity index is 1170. The molecule has 11 heteroatoms. The summed E-state index contributed by atoms with van der Waals surface area (Å²) in [5.41, 5.74) is 1.45. The lowest BCUT2D eigenvalue weighted by molar-refractivity contribution is 0.0457. The van der Waals surface area contributed by atoms with E-state index in [2.05, 4.69) is 9.71 Å². The van der Waals surface area contributed by atoms with E-state index in [1.165, 1.54) is 35.2 Å². The van der Waals surface area contributed by atoms with Crippen LogP contribution in [0, 0.1) is 0 Å². The molecule has 0 aliphatic heterocycles. The molecule has 9 nitrogen and oxygen atoms in total. The zero-order valence-corrected chi connectivity index (χ0v) is 18.5. The lowest BCUT2D eigenvalue weighted by Crippen LogP contribution is -2.17. The van der Waals surface area contributed by atoms with E-state index >= 15 is 0 Å². The summed E-state index contributed by atoms with van der Waals surface area (Å²) < 4.78 is 43.5. The van der Waals surface area contributed by atoms with Crippen LogP contribution in [0.25, 0.3) is 10.6 Å². The molecule has 0 radical (unpaired) electrons. The molecule has 0 saturated heterocycles. The first-order chi connectivity index (χ1) is 14.3. The zero-order valence-electron chi connectivity index (χ0n) is 16.8. The van der Waals surface area contributed by atoms with Gasteiger partial charge in [-0.1, -0.05) is 6.07 Å². The van der Waals surface area contributed by atoms with Gasteiger partial charge in [0.1, 0.15) is 22.2 Å². The summed E-state index contributed by atoms with van der Waals surface area (Å²) in [7, 11) is 2.34. The fourth-order valence-corrected chi connectivity index (χ4v) is 4.39. The number of carbonyl (C=O) groups is 1. The fraction of sp³-hybridized carbons (Fsp3) is 0.263. The number of benzene rings is 1. The number of carbonyl (C=O) groups excluding carboxylic acids is 1. The molecule has 0 bridgehead atoms. The van der Waals surface area contributed by atoms with Crippen molar-refractivity contribution in [1.29, 1.82) is 0 Å². The Kier molecular flexibility index (Phi) is 6.44. The van der Waals surface area contributed by atoms with Crippen molar-refractivity contribution in [3.8, 4) is 22.1 Å². The van der Waals surface area contributed by atoms with Crippen molar-refractivity contribution in [2.75, 3.05) is 21.3 Å². The predicted molar refractivity (Wildman–Crippen MR) is 111 cm³/mol. The molecule has 3 rings (SSSR count). The zero-order chi connectivity index (χ0) is 21.9. The Labute approximate surface area is 178 Å². The van der Waals surface area contributed by atoms with Gasteiger partial charge in [0.15, 0.2) is 11.5 Å². The van der Waals surface area contributed by atoms with Gasteiger partial charge < -0.3 is 18.8 Å². The molecule has 0 saturated carbocycles. The largest absolute Gasteiger partial charge is 0.493 e. The molecule has 0 fully saturated rings. The molecular formula is C19H21N3O6S2. The van der Waals surface area contributed by atoms with E-state index < -0.39 is 16.0 Å². The van der Waals surface area contributed by atoms with Crippen molar-refractivity contribution in [2.24, 2.45) is 7.05 Å². The maximum atomic E-state index is 12.4. The first kappa shape index (κ1) is 21.8. The number of nitrogens with one attached hydrogen (secondary N) is 1. The number of ether oxygens (including phenoxy) is 3. The molecule has 0 atom stereocenters. The number of rotatable bonds is 8. The van der Waals surface area contributed by atoms with Crippen LogP contribution in [-0.4, -0.2) is 45.2 Å². The Morgan fingerprint density at radius 3 is 2.70 bits per heavy atom. The molecule has 1 aromatic carbocycles. The van der Waals surface area contributed by atoms with Gasteiger partial charge in [-0.15, -0.1) is 11.3 Å². The number of sulfonamides is 1. The summed E-state index contributed by atoms with van der Waals surface area (Å²) in [5.74, 6) is 0.512. The van der Waals surface area contributed by atoms with Crippen LogP contribution in [0.1, 0.15) is 16.2 Å². The average Bonchev–Trinajstić information content (AvgIpc) is 3.38. The van der Waals surface area contributed by atoms with Gasteiger partial charge in [-0.3, -0.25) is 0 Å². The predicted octanol–water partition coefficient (Wildman–Crippen LogP) is 2.43. The highest BCUT2D eigenvalue weighted by atomic mass is 32.2. The molecule has 3 aromatic rings. The van der Waals surface area contributed by atoms with Crippen molar-refractivity contribution in [3.05, 3.63) is 47.2 Å². The highest BCUT2D eigenvalue weighted by molar-refractivity contribution is 7.89. The molecule has 2 heterocycles. The van der Waals surface area contributed by atoms with Crippen LogP contribution in [0.2, 0.25) is 0 Å². The van der Waals surface area contributed by atoms with E-state index in [0.717, 1.165) is 5.56 Å². The van der Waals surface area contributed by atoms with Crippen molar-refractivity contribution in [2.45, 2.75) is 11.5 Å². The molecular weight excluding hydrogens is 430 g/mol. The minimum atomic E-state index is -3.65. The summed E-state index contributed by atoms with van der Waals surface area (Å²) in [4.78, 5) is 16.9. The number of thiazole rings is 1. The van der Waals surface area contributed by atoms with Crippen LogP contribution in [0.15, 0.2) is 40.7 Å². The second kappa shape index (κ2) is 8.86. The van der Waals surface area contributed by atoms with Crippen LogP contribution >= 0.6 is 11.3 Å². The molecule has 160 valence electrons. The van der Waals surface area contributed by atoms with Crippen LogP contribution in [-0.2, 0) is 28.4 Å². The van der Waals surface area contributed by atoms with E-state index in [4.69, 9.17) is 14.2 Å². The normalized spacial score (nSPS) is 11.3. The third kappa shape index (κ3) is 4.32. The van der Waals surface area contributed by atoms with Crippen LogP contribution in [0.4, 0.5) is 0 Å². The first-order valence-corrected chi connectivity index (χ1v) is 11.1. The topological polar surface area (TPSA) is 109 Å². The molecule has 30 heavy (non-hydrogen) atoms. The summed E-state index contributed by atoms with van der Waals surface area (Å²) in [6.07, 6.45) is 1.35. The van der Waals surface area contributed by atoms with E-state index in [1.807, 2.05) is 12.1 Å². The third-order valence-electron chi connectivity index (χ3n) is 4.30.